The third kappa shape index (κ3) is 3.80. The van der Waals surface area contributed by atoms with Crippen molar-refractivity contribution in [2.75, 3.05) is 32.8 Å². The second kappa shape index (κ2) is 7.52. The smallest absolute Gasteiger partial charge is 0.255 e. The average Bonchev–Trinajstić information content (AvgIpc) is 2.53. The largest absolute Gasteiger partial charge is 0.486 e. The van der Waals surface area contributed by atoms with Crippen molar-refractivity contribution in [2.24, 2.45) is 5.92 Å². The van der Waals surface area contributed by atoms with E-state index in [9.17, 15) is 4.79 Å². The zero-order chi connectivity index (χ0) is 13.8. The minimum Gasteiger partial charge on any atom is -0.486 e. The van der Waals surface area contributed by atoms with E-state index in [1.165, 1.54) is 12.8 Å². The monoisotopic (exact) mass is 312 g/mol. The maximum atomic E-state index is 12.3. The van der Waals surface area contributed by atoms with E-state index in [0.717, 1.165) is 13.1 Å². The van der Waals surface area contributed by atoms with Crippen LogP contribution in [-0.4, -0.2) is 38.8 Å². The van der Waals surface area contributed by atoms with E-state index in [2.05, 4.69) is 10.6 Å². The second-order valence-electron chi connectivity index (χ2n) is 5.25. The number of nitrogens with one attached hydrogen (secondary N) is 2. The number of carbonyl (C=O) groups excluding carboxylic acids is 1. The van der Waals surface area contributed by atoms with Crippen LogP contribution in [0.5, 0.6) is 11.5 Å². The number of hydrogen-bond acceptors (Lipinski definition) is 4. The highest BCUT2D eigenvalue weighted by molar-refractivity contribution is 5.97. The first-order valence-electron chi connectivity index (χ1n) is 7.22. The van der Waals surface area contributed by atoms with Crippen LogP contribution in [0.2, 0.25) is 0 Å². The number of ether oxygens (including phenoxy) is 2. The van der Waals surface area contributed by atoms with E-state index >= 15 is 0 Å². The lowest BCUT2D eigenvalue weighted by Crippen LogP contribution is -2.38. The molecule has 1 amide bonds. The van der Waals surface area contributed by atoms with E-state index in [1.54, 1.807) is 6.07 Å². The topological polar surface area (TPSA) is 59.6 Å². The number of piperidine rings is 1. The van der Waals surface area contributed by atoms with Gasteiger partial charge in [-0.3, -0.25) is 4.79 Å². The third-order valence-corrected chi connectivity index (χ3v) is 3.76. The average molecular weight is 313 g/mol. The number of fused-ring (bicyclic) bond motifs is 1. The fraction of sp³-hybridized carbons (Fsp3) is 0.533. The van der Waals surface area contributed by atoms with Gasteiger partial charge in [0.25, 0.3) is 5.91 Å². The second-order valence-corrected chi connectivity index (χ2v) is 5.25. The molecule has 0 spiro atoms. The van der Waals surface area contributed by atoms with Crippen LogP contribution in [0.1, 0.15) is 23.2 Å². The Labute approximate surface area is 130 Å². The van der Waals surface area contributed by atoms with Crippen molar-refractivity contribution < 1.29 is 14.3 Å². The van der Waals surface area contributed by atoms with Crippen molar-refractivity contribution >= 4 is 18.3 Å². The first kappa shape index (κ1) is 15.9. The summed E-state index contributed by atoms with van der Waals surface area (Å²) >= 11 is 0. The molecule has 1 aromatic rings. The zero-order valence-corrected chi connectivity index (χ0v) is 12.7. The van der Waals surface area contributed by atoms with E-state index in [4.69, 9.17) is 9.47 Å². The highest BCUT2D eigenvalue weighted by atomic mass is 35.5. The Balaban J connectivity index is 0.00000161. The molecule has 0 aromatic heterocycles. The number of halogens is 1. The van der Waals surface area contributed by atoms with Gasteiger partial charge in [-0.15, -0.1) is 12.4 Å². The first-order chi connectivity index (χ1) is 9.84. The lowest BCUT2D eigenvalue weighted by Gasteiger charge is -2.24. The predicted octanol–water partition coefficient (Wildman–Crippen LogP) is 1.61. The van der Waals surface area contributed by atoms with Gasteiger partial charge in [-0.25, -0.2) is 0 Å². The van der Waals surface area contributed by atoms with Gasteiger partial charge < -0.3 is 20.1 Å². The van der Waals surface area contributed by atoms with Crippen LogP contribution in [0.25, 0.3) is 0 Å². The van der Waals surface area contributed by atoms with Crippen molar-refractivity contribution in [1.29, 1.82) is 0 Å². The van der Waals surface area contributed by atoms with Gasteiger partial charge in [0.1, 0.15) is 13.2 Å². The van der Waals surface area contributed by atoms with Crippen LogP contribution >= 0.6 is 12.4 Å². The number of para-hydroxylation sites is 1. The molecule has 1 saturated heterocycles. The van der Waals surface area contributed by atoms with Crippen LogP contribution < -0.4 is 20.1 Å². The van der Waals surface area contributed by atoms with Crippen LogP contribution in [-0.2, 0) is 0 Å². The van der Waals surface area contributed by atoms with E-state index in [1.807, 2.05) is 12.1 Å². The molecule has 2 aliphatic heterocycles. The lowest BCUT2D eigenvalue weighted by atomic mass is 9.99. The molecule has 1 aromatic carbocycles. The molecule has 0 bridgehead atoms. The predicted molar refractivity (Wildman–Crippen MR) is 82.6 cm³/mol. The summed E-state index contributed by atoms with van der Waals surface area (Å²) in [6, 6.07) is 5.43. The quantitative estimate of drug-likeness (QED) is 0.890. The Morgan fingerprint density at radius 2 is 2.19 bits per heavy atom. The fourth-order valence-electron chi connectivity index (χ4n) is 2.68. The molecule has 1 fully saturated rings. The maximum Gasteiger partial charge on any atom is 0.255 e. The number of benzene rings is 1. The molecular formula is C15H21ClN2O3. The van der Waals surface area contributed by atoms with Gasteiger partial charge in [0, 0.05) is 6.54 Å². The molecule has 3 rings (SSSR count). The van der Waals surface area contributed by atoms with Crippen molar-refractivity contribution in [1.82, 2.24) is 10.6 Å². The van der Waals surface area contributed by atoms with Gasteiger partial charge in [-0.05, 0) is 44.0 Å². The summed E-state index contributed by atoms with van der Waals surface area (Å²) in [6.45, 7) is 3.79. The normalized spacial score (nSPS) is 20.3. The maximum absolute atomic E-state index is 12.3. The highest BCUT2D eigenvalue weighted by Crippen LogP contribution is 2.33. The Morgan fingerprint density at radius 1 is 1.33 bits per heavy atom. The van der Waals surface area contributed by atoms with E-state index < -0.39 is 0 Å². The van der Waals surface area contributed by atoms with Gasteiger partial charge in [-0.2, -0.15) is 0 Å². The molecule has 0 saturated carbocycles. The van der Waals surface area contributed by atoms with Crippen molar-refractivity contribution in [3.05, 3.63) is 23.8 Å². The molecule has 6 heteroatoms. The Morgan fingerprint density at radius 3 is 3.00 bits per heavy atom. The molecule has 0 radical (unpaired) electrons. The Kier molecular flexibility index (Phi) is 5.70. The molecule has 2 aliphatic rings. The van der Waals surface area contributed by atoms with Gasteiger partial charge >= 0.3 is 0 Å². The summed E-state index contributed by atoms with van der Waals surface area (Å²) in [4.78, 5) is 12.3. The molecular weight excluding hydrogens is 292 g/mol. The first-order valence-corrected chi connectivity index (χ1v) is 7.22. The molecule has 21 heavy (non-hydrogen) atoms. The summed E-state index contributed by atoms with van der Waals surface area (Å²) in [5.74, 6) is 1.66. The summed E-state index contributed by atoms with van der Waals surface area (Å²) in [7, 11) is 0. The van der Waals surface area contributed by atoms with E-state index in [0.29, 0.717) is 42.7 Å². The SMILES string of the molecule is Cl.O=C(NCC1CCCNC1)c1cccc2c1OCCO2. The molecule has 116 valence electrons. The van der Waals surface area contributed by atoms with Gasteiger partial charge in [0.2, 0.25) is 0 Å². The fourth-order valence-corrected chi connectivity index (χ4v) is 2.68. The molecule has 2 heterocycles. The third-order valence-electron chi connectivity index (χ3n) is 3.76. The Hall–Kier alpha value is -1.46. The summed E-state index contributed by atoms with van der Waals surface area (Å²) in [6.07, 6.45) is 2.35. The van der Waals surface area contributed by atoms with Crippen molar-refractivity contribution in [3.8, 4) is 11.5 Å². The Bertz CT molecular complexity index is 490. The zero-order valence-electron chi connectivity index (χ0n) is 11.9. The summed E-state index contributed by atoms with van der Waals surface area (Å²) in [5.41, 5.74) is 0.561. The molecule has 5 nitrogen and oxygen atoms in total. The van der Waals surface area contributed by atoms with Crippen LogP contribution in [0.4, 0.5) is 0 Å². The van der Waals surface area contributed by atoms with Crippen molar-refractivity contribution in [3.63, 3.8) is 0 Å². The van der Waals surface area contributed by atoms with Crippen LogP contribution in [0.15, 0.2) is 18.2 Å². The van der Waals surface area contributed by atoms with Gasteiger partial charge in [0.05, 0.1) is 5.56 Å². The molecule has 1 atom stereocenters. The number of amides is 1. The number of rotatable bonds is 3. The number of hydrogen-bond donors (Lipinski definition) is 2. The minimum absolute atomic E-state index is 0. The molecule has 2 N–H and O–H groups in total. The minimum atomic E-state index is -0.0853. The molecule has 1 unspecified atom stereocenters. The van der Waals surface area contributed by atoms with Crippen molar-refractivity contribution in [2.45, 2.75) is 12.8 Å². The standard InChI is InChI=1S/C15H20N2O3.ClH/c18-15(17-10-11-3-2-6-16-9-11)12-4-1-5-13-14(12)20-8-7-19-13;/h1,4-5,11,16H,2-3,6-10H2,(H,17,18);1H. The van der Waals surface area contributed by atoms with Crippen LogP contribution in [0, 0.1) is 5.92 Å². The number of carbonyl (C=O) groups is 1. The highest BCUT2D eigenvalue weighted by Gasteiger charge is 2.21. The summed E-state index contributed by atoms with van der Waals surface area (Å²) in [5, 5.41) is 6.36. The van der Waals surface area contributed by atoms with Crippen LogP contribution in [0.3, 0.4) is 0 Å². The van der Waals surface area contributed by atoms with Gasteiger partial charge in [-0.1, -0.05) is 6.07 Å². The lowest BCUT2D eigenvalue weighted by molar-refractivity contribution is 0.0934. The molecule has 0 aliphatic carbocycles. The van der Waals surface area contributed by atoms with Gasteiger partial charge in [0.15, 0.2) is 11.5 Å². The summed E-state index contributed by atoms with van der Waals surface area (Å²) < 4.78 is 11.1. The van der Waals surface area contributed by atoms with E-state index in [-0.39, 0.29) is 18.3 Å².